The van der Waals surface area contributed by atoms with Crippen molar-refractivity contribution in [2.24, 2.45) is 0 Å². The van der Waals surface area contributed by atoms with Crippen molar-refractivity contribution in [3.8, 4) is 0 Å². The van der Waals surface area contributed by atoms with Gasteiger partial charge >= 0.3 is 0 Å². The van der Waals surface area contributed by atoms with E-state index in [9.17, 15) is 8.42 Å². The Morgan fingerprint density at radius 2 is 2.06 bits per heavy atom. The molecule has 0 amide bonds. The molecular weight excluding hydrogens is 250 g/mol. The lowest BCUT2D eigenvalue weighted by Gasteiger charge is -2.21. The van der Waals surface area contributed by atoms with Gasteiger partial charge in [-0.1, -0.05) is 11.6 Å². The van der Waals surface area contributed by atoms with Gasteiger partial charge in [0.1, 0.15) is 0 Å². The van der Waals surface area contributed by atoms with Crippen molar-refractivity contribution in [3.63, 3.8) is 0 Å². The summed E-state index contributed by atoms with van der Waals surface area (Å²) in [4.78, 5) is 7.53. The molecule has 7 heteroatoms. The van der Waals surface area contributed by atoms with Crippen molar-refractivity contribution >= 4 is 21.4 Å². The summed E-state index contributed by atoms with van der Waals surface area (Å²) >= 11 is 5.62. The smallest absolute Gasteiger partial charge is 0.247 e. The van der Waals surface area contributed by atoms with Gasteiger partial charge in [0.05, 0.1) is 22.7 Å². The Hall–Kier alpha value is -0.720. The van der Waals surface area contributed by atoms with Crippen molar-refractivity contribution < 1.29 is 8.42 Å². The third-order valence-electron chi connectivity index (χ3n) is 2.54. The molecular formula is C9H12ClN3O2S. The van der Waals surface area contributed by atoms with Gasteiger partial charge < -0.3 is 5.32 Å². The second kappa shape index (κ2) is 4.65. The molecule has 1 aliphatic rings. The number of rotatable bonds is 2. The predicted octanol–water partition coefficient (Wildman–Crippen LogP) is 0.656. The van der Waals surface area contributed by atoms with Crippen LogP contribution in [-0.2, 0) is 9.84 Å². The Kier molecular flexibility index (Phi) is 3.41. The molecule has 0 bridgehead atoms. The van der Waals surface area contributed by atoms with E-state index in [4.69, 9.17) is 11.6 Å². The van der Waals surface area contributed by atoms with E-state index in [-0.39, 0.29) is 5.16 Å². The molecule has 1 unspecified atom stereocenters. The molecule has 2 rings (SSSR count). The van der Waals surface area contributed by atoms with E-state index in [1.54, 1.807) is 0 Å². The molecule has 0 aliphatic carbocycles. The summed E-state index contributed by atoms with van der Waals surface area (Å²) in [7, 11) is -3.42. The van der Waals surface area contributed by atoms with Crippen LogP contribution in [0.2, 0.25) is 5.02 Å². The van der Waals surface area contributed by atoms with Gasteiger partial charge in [0.2, 0.25) is 15.0 Å². The van der Waals surface area contributed by atoms with Gasteiger partial charge in [-0.3, -0.25) is 0 Å². The third kappa shape index (κ3) is 2.34. The van der Waals surface area contributed by atoms with E-state index in [2.05, 4.69) is 15.3 Å². The highest BCUT2D eigenvalue weighted by atomic mass is 35.5. The van der Waals surface area contributed by atoms with Crippen LogP contribution in [0.5, 0.6) is 0 Å². The first-order valence-electron chi connectivity index (χ1n) is 5.03. The van der Waals surface area contributed by atoms with Gasteiger partial charge in [0, 0.05) is 6.54 Å². The standard InChI is InChI=1S/C9H12ClN3O2S/c10-7-4-12-9(13-5-7)16(14,15)8-2-1-3-11-6-8/h4-5,8,11H,1-3,6H2. The van der Waals surface area contributed by atoms with Gasteiger partial charge in [0.15, 0.2) is 0 Å². The lowest BCUT2D eigenvalue weighted by Crippen LogP contribution is -2.39. The van der Waals surface area contributed by atoms with Crippen LogP contribution in [0.25, 0.3) is 0 Å². The van der Waals surface area contributed by atoms with Crippen LogP contribution in [0.3, 0.4) is 0 Å². The number of nitrogens with zero attached hydrogens (tertiary/aromatic N) is 2. The maximum Gasteiger partial charge on any atom is 0.247 e. The molecule has 88 valence electrons. The number of hydrogen-bond donors (Lipinski definition) is 1. The summed E-state index contributed by atoms with van der Waals surface area (Å²) in [5.74, 6) is 0. The Labute approximate surface area is 99.2 Å². The summed E-state index contributed by atoms with van der Waals surface area (Å²) < 4.78 is 24.2. The molecule has 0 spiro atoms. The number of hydrogen-bond acceptors (Lipinski definition) is 5. The molecule has 0 radical (unpaired) electrons. The summed E-state index contributed by atoms with van der Waals surface area (Å²) in [5, 5.41) is 2.83. The average molecular weight is 262 g/mol. The molecule has 1 saturated heterocycles. The molecule has 1 aliphatic heterocycles. The molecule has 1 aromatic heterocycles. The Bertz CT molecular complexity index is 454. The van der Waals surface area contributed by atoms with Crippen LogP contribution >= 0.6 is 11.6 Å². The highest BCUT2D eigenvalue weighted by Gasteiger charge is 2.31. The van der Waals surface area contributed by atoms with Crippen molar-refractivity contribution in [3.05, 3.63) is 17.4 Å². The zero-order valence-electron chi connectivity index (χ0n) is 8.56. The van der Waals surface area contributed by atoms with Gasteiger partial charge in [-0.25, -0.2) is 18.4 Å². The lowest BCUT2D eigenvalue weighted by molar-refractivity contribution is 0.493. The van der Waals surface area contributed by atoms with Crippen LogP contribution in [0.4, 0.5) is 0 Å². The molecule has 5 nitrogen and oxygen atoms in total. The molecule has 2 heterocycles. The minimum atomic E-state index is -3.42. The monoisotopic (exact) mass is 261 g/mol. The average Bonchev–Trinajstić information content (AvgIpc) is 2.31. The summed E-state index contributed by atoms with van der Waals surface area (Å²) in [6, 6.07) is 0. The van der Waals surface area contributed by atoms with Crippen LogP contribution in [0.15, 0.2) is 17.6 Å². The SMILES string of the molecule is O=S(=O)(c1ncc(Cl)cn1)C1CCCNC1. The van der Waals surface area contributed by atoms with Crippen LogP contribution in [-0.4, -0.2) is 36.7 Å². The quantitative estimate of drug-likeness (QED) is 0.792. The molecule has 1 atom stereocenters. The molecule has 1 aromatic rings. The third-order valence-corrected chi connectivity index (χ3v) is 4.74. The minimum absolute atomic E-state index is 0.134. The van der Waals surface area contributed by atoms with E-state index in [1.165, 1.54) is 12.4 Å². The van der Waals surface area contributed by atoms with Crippen molar-refractivity contribution in [2.75, 3.05) is 13.1 Å². The summed E-state index contributed by atoms with van der Waals surface area (Å²) in [6.07, 6.45) is 4.12. The second-order valence-electron chi connectivity index (χ2n) is 3.70. The number of aromatic nitrogens is 2. The summed E-state index contributed by atoms with van der Waals surface area (Å²) in [5.41, 5.74) is 0. The number of nitrogens with one attached hydrogen (secondary N) is 1. The first kappa shape index (κ1) is 11.8. The Balaban J connectivity index is 2.27. The number of sulfone groups is 1. The predicted molar refractivity (Wildman–Crippen MR) is 60.1 cm³/mol. The van der Waals surface area contributed by atoms with E-state index in [1.807, 2.05) is 0 Å². The zero-order chi connectivity index (χ0) is 11.6. The first-order valence-corrected chi connectivity index (χ1v) is 6.95. The summed E-state index contributed by atoms with van der Waals surface area (Å²) in [6.45, 7) is 1.34. The van der Waals surface area contributed by atoms with Gasteiger partial charge in [-0.05, 0) is 19.4 Å². The van der Waals surface area contributed by atoms with Crippen LogP contribution in [0, 0.1) is 0 Å². The van der Waals surface area contributed by atoms with E-state index in [0.29, 0.717) is 18.0 Å². The molecule has 0 saturated carbocycles. The molecule has 0 aromatic carbocycles. The van der Waals surface area contributed by atoms with Crippen molar-refractivity contribution in [1.29, 1.82) is 0 Å². The molecule has 16 heavy (non-hydrogen) atoms. The minimum Gasteiger partial charge on any atom is -0.315 e. The van der Waals surface area contributed by atoms with Gasteiger partial charge in [-0.2, -0.15) is 0 Å². The maximum atomic E-state index is 12.1. The second-order valence-corrected chi connectivity index (χ2v) is 6.26. The van der Waals surface area contributed by atoms with Crippen LogP contribution < -0.4 is 5.32 Å². The van der Waals surface area contributed by atoms with Crippen LogP contribution in [0.1, 0.15) is 12.8 Å². The Morgan fingerprint density at radius 3 is 2.62 bits per heavy atom. The fraction of sp³-hybridized carbons (Fsp3) is 0.556. The molecule has 1 N–H and O–H groups in total. The number of piperidine rings is 1. The van der Waals surface area contributed by atoms with E-state index in [0.717, 1.165) is 13.0 Å². The molecule has 1 fully saturated rings. The highest BCUT2D eigenvalue weighted by Crippen LogP contribution is 2.18. The topological polar surface area (TPSA) is 72.0 Å². The maximum absolute atomic E-state index is 12.1. The van der Waals surface area contributed by atoms with Gasteiger partial charge in [-0.15, -0.1) is 0 Å². The fourth-order valence-corrected chi connectivity index (χ4v) is 3.29. The fourth-order valence-electron chi connectivity index (χ4n) is 1.68. The van der Waals surface area contributed by atoms with Gasteiger partial charge in [0.25, 0.3) is 0 Å². The zero-order valence-corrected chi connectivity index (χ0v) is 10.1. The van der Waals surface area contributed by atoms with E-state index < -0.39 is 15.1 Å². The lowest BCUT2D eigenvalue weighted by atomic mass is 10.2. The first-order chi connectivity index (χ1) is 7.60. The largest absolute Gasteiger partial charge is 0.315 e. The number of halogens is 1. The van der Waals surface area contributed by atoms with E-state index >= 15 is 0 Å². The Morgan fingerprint density at radius 1 is 1.38 bits per heavy atom. The van der Waals surface area contributed by atoms with Crippen molar-refractivity contribution in [2.45, 2.75) is 23.2 Å². The highest BCUT2D eigenvalue weighted by molar-refractivity contribution is 7.91. The normalized spacial score (nSPS) is 21.9. The van der Waals surface area contributed by atoms with Crippen molar-refractivity contribution in [1.82, 2.24) is 15.3 Å².